The third-order valence-electron chi connectivity index (χ3n) is 4.56. The second-order valence-corrected chi connectivity index (χ2v) is 5.55. The fourth-order valence-electron chi connectivity index (χ4n) is 3.55. The standard InChI is InChI=1S/C13H25N3O/c1-2-12-13(3-1)16(5-4-14-12)7-6-15-8-10-17-11-9-15/h12-14H,1-11H2. The van der Waals surface area contributed by atoms with Crippen molar-refractivity contribution in [2.45, 2.75) is 31.3 Å². The second-order valence-electron chi connectivity index (χ2n) is 5.55. The number of piperazine rings is 1. The SMILES string of the molecule is C1CC2NCCN(CCN3CCOCC3)C2C1. The smallest absolute Gasteiger partial charge is 0.0594 e. The maximum atomic E-state index is 5.40. The Morgan fingerprint density at radius 1 is 1.06 bits per heavy atom. The summed E-state index contributed by atoms with van der Waals surface area (Å²) < 4.78 is 5.40. The number of nitrogens with zero attached hydrogens (tertiary/aromatic N) is 2. The predicted octanol–water partition coefficient (Wildman–Crippen LogP) is 0.145. The van der Waals surface area contributed by atoms with E-state index in [1.165, 1.54) is 45.4 Å². The predicted molar refractivity (Wildman–Crippen MR) is 68.3 cm³/mol. The number of ether oxygens (including phenoxy) is 1. The first-order valence-corrected chi connectivity index (χ1v) is 7.21. The lowest BCUT2D eigenvalue weighted by molar-refractivity contribution is 0.0278. The average molecular weight is 239 g/mol. The molecule has 17 heavy (non-hydrogen) atoms. The molecule has 0 radical (unpaired) electrons. The molecule has 2 unspecified atom stereocenters. The van der Waals surface area contributed by atoms with Gasteiger partial charge in [0.15, 0.2) is 0 Å². The first-order valence-electron chi connectivity index (χ1n) is 7.21. The molecule has 3 fully saturated rings. The molecule has 2 aliphatic heterocycles. The van der Waals surface area contributed by atoms with Gasteiger partial charge >= 0.3 is 0 Å². The van der Waals surface area contributed by atoms with Gasteiger partial charge in [0, 0.05) is 51.4 Å². The summed E-state index contributed by atoms with van der Waals surface area (Å²) in [4.78, 5) is 5.28. The van der Waals surface area contributed by atoms with Crippen molar-refractivity contribution < 1.29 is 4.74 Å². The monoisotopic (exact) mass is 239 g/mol. The van der Waals surface area contributed by atoms with Gasteiger partial charge in [0.25, 0.3) is 0 Å². The highest BCUT2D eigenvalue weighted by Crippen LogP contribution is 2.26. The van der Waals surface area contributed by atoms with Gasteiger partial charge in [-0.2, -0.15) is 0 Å². The van der Waals surface area contributed by atoms with Crippen LogP contribution < -0.4 is 5.32 Å². The maximum Gasteiger partial charge on any atom is 0.0594 e. The van der Waals surface area contributed by atoms with Gasteiger partial charge in [-0.3, -0.25) is 9.80 Å². The van der Waals surface area contributed by atoms with Crippen LogP contribution in [0.1, 0.15) is 19.3 Å². The molecular weight excluding hydrogens is 214 g/mol. The van der Waals surface area contributed by atoms with Gasteiger partial charge in [-0.05, 0) is 12.8 Å². The zero-order valence-corrected chi connectivity index (χ0v) is 10.7. The highest BCUT2D eigenvalue weighted by Gasteiger charge is 2.34. The Morgan fingerprint density at radius 2 is 1.94 bits per heavy atom. The van der Waals surface area contributed by atoms with Crippen molar-refractivity contribution in [1.82, 2.24) is 15.1 Å². The minimum Gasteiger partial charge on any atom is -0.379 e. The molecule has 0 aromatic carbocycles. The molecule has 0 spiro atoms. The number of fused-ring (bicyclic) bond motifs is 1. The molecule has 0 bridgehead atoms. The topological polar surface area (TPSA) is 27.7 Å². The number of nitrogens with one attached hydrogen (secondary N) is 1. The van der Waals surface area contributed by atoms with Crippen molar-refractivity contribution in [2.24, 2.45) is 0 Å². The summed E-state index contributed by atoms with van der Waals surface area (Å²) in [5.41, 5.74) is 0. The minimum atomic E-state index is 0.786. The number of morpholine rings is 1. The van der Waals surface area contributed by atoms with E-state index in [0.717, 1.165) is 38.4 Å². The van der Waals surface area contributed by atoms with Crippen molar-refractivity contribution in [2.75, 3.05) is 52.5 Å². The first-order chi connectivity index (χ1) is 8.43. The number of hydrogen-bond donors (Lipinski definition) is 1. The lowest BCUT2D eigenvalue weighted by Crippen LogP contribution is -2.56. The van der Waals surface area contributed by atoms with Crippen molar-refractivity contribution in [1.29, 1.82) is 0 Å². The van der Waals surface area contributed by atoms with Crippen LogP contribution in [0, 0.1) is 0 Å². The van der Waals surface area contributed by atoms with E-state index in [9.17, 15) is 0 Å². The quantitative estimate of drug-likeness (QED) is 0.758. The molecule has 2 atom stereocenters. The largest absolute Gasteiger partial charge is 0.379 e. The van der Waals surface area contributed by atoms with Crippen LogP contribution in [0.2, 0.25) is 0 Å². The highest BCUT2D eigenvalue weighted by atomic mass is 16.5. The fraction of sp³-hybridized carbons (Fsp3) is 1.00. The Labute approximate surface area is 104 Å². The molecule has 2 heterocycles. The summed E-state index contributed by atoms with van der Waals surface area (Å²) in [5, 5.41) is 3.67. The van der Waals surface area contributed by atoms with Crippen LogP contribution in [-0.4, -0.2) is 74.4 Å². The van der Waals surface area contributed by atoms with Gasteiger partial charge in [0.1, 0.15) is 0 Å². The fourth-order valence-corrected chi connectivity index (χ4v) is 3.55. The van der Waals surface area contributed by atoms with E-state index in [1.54, 1.807) is 0 Å². The van der Waals surface area contributed by atoms with Crippen molar-refractivity contribution in [3.05, 3.63) is 0 Å². The summed E-state index contributed by atoms with van der Waals surface area (Å²) in [6.45, 7) is 9.01. The van der Waals surface area contributed by atoms with Crippen LogP contribution in [0.5, 0.6) is 0 Å². The summed E-state index contributed by atoms with van der Waals surface area (Å²) in [5.74, 6) is 0. The Morgan fingerprint density at radius 3 is 2.82 bits per heavy atom. The molecule has 0 aromatic heterocycles. The van der Waals surface area contributed by atoms with E-state index < -0.39 is 0 Å². The van der Waals surface area contributed by atoms with E-state index >= 15 is 0 Å². The highest BCUT2D eigenvalue weighted by molar-refractivity contribution is 4.94. The molecule has 98 valence electrons. The van der Waals surface area contributed by atoms with Crippen LogP contribution in [0.25, 0.3) is 0 Å². The zero-order chi connectivity index (χ0) is 11.5. The molecule has 2 saturated heterocycles. The van der Waals surface area contributed by atoms with Gasteiger partial charge in [-0.25, -0.2) is 0 Å². The lowest BCUT2D eigenvalue weighted by Gasteiger charge is -2.39. The third kappa shape index (κ3) is 2.81. The van der Waals surface area contributed by atoms with Gasteiger partial charge in [-0.15, -0.1) is 0 Å². The summed E-state index contributed by atoms with van der Waals surface area (Å²) in [7, 11) is 0. The molecule has 1 N–H and O–H groups in total. The molecule has 1 aliphatic carbocycles. The summed E-state index contributed by atoms with van der Waals surface area (Å²) >= 11 is 0. The van der Waals surface area contributed by atoms with Gasteiger partial charge in [0.05, 0.1) is 13.2 Å². The molecule has 3 rings (SSSR count). The summed E-state index contributed by atoms with van der Waals surface area (Å²) in [6, 6.07) is 1.61. The Kier molecular flexibility index (Phi) is 3.96. The Bertz CT molecular complexity index is 243. The third-order valence-corrected chi connectivity index (χ3v) is 4.56. The summed E-state index contributed by atoms with van der Waals surface area (Å²) in [6.07, 6.45) is 4.20. The number of hydrogen-bond acceptors (Lipinski definition) is 4. The first kappa shape index (κ1) is 11.9. The van der Waals surface area contributed by atoms with E-state index in [0.29, 0.717) is 0 Å². The van der Waals surface area contributed by atoms with Crippen molar-refractivity contribution >= 4 is 0 Å². The van der Waals surface area contributed by atoms with Gasteiger partial charge in [-0.1, -0.05) is 6.42 Å². The van der Waals surface area contributed by atoms with Gasteiger partial charge < -0.3 is 10.1 Å². The Balaban J connectivity index is 1.47. The zero-order valence-electron chi connectivity index (χ0n) is 10.7. The molecule has 4 heteroatoms. The van der Waals surface area contributed by atoms with E-state index in [1.807, 2.05) is 0 Å². The molecule has 4 nitrogen and oxygen atoms in total. The van der Waals surface area contributed by atoms with Crippen LogP contribution in [-0.2, 0) is 4.74 Å². The number of rotatable bonds is 3. The van der Waals surface area contributed by atoms with Crippen LogP contribution >= 0.6 is 0 Å². The lowest BCUT2D eigenvalue weighted by atomic mass is 10.1. The molecule has 0 amide bonds. The van der Waals surface area contributed by atoms with E-state index in [4.69, 9.17) is 4.74 Å². The molecule has 3 aliphatic rings. The van der Waals surface area contributed by atoms with E-state index in [2.05, 4.69) is 15.1 Å². The second kappa shape index (κ2) is 5.65. The van der Waals surface area contributed by atoms with Crippen LogP contribution in [0.15, 0.2) is 0 Å². The minimum absolute atomic E-state index is 0.786. The normalized spacial score (nSPS) is 36.0. The molecular formula is C13H25N3O. The van der Waals surface area contributed by atoms with Crippen molar-refractivity contribution in [3.8, 4) is 0 Å². The molecule has 1 saturated carbocycles. The van der Waals surface area contributed by atoms with Crippen LogP contribution in [0.4, 0.5) is 0 Å². The average Bonchev–Trinajstić information content (AvgIpc) is 2.86. The van der Waals surface area contributed by atoms with Gasteiger partial charge in [0.2, 0.25) is 0 Å². The Hall–Kier alpha value is -0.160. The van der Waals surface area contributed by atoms with Crippen molar-refractivity contribution in [3.63, 3.8) is 0 Å². The maximum absolute atomic E-state index is 5.40. The molecule has 0 aromatic rings. The van der Waals surface area contributed by atoms with E-state index in [-0.39, 0.29) is 0 Å². The van der Waals surface area contributed by atoms with Crippen LogP contribution in [0.3, 0.4) is 0 Å².